The smallest absolute Gasteiger partial charge is 0.407 e. The highest BCUT2D eigenvalue weighted by Crippen LogP contribution is 2.44. The summed E-state index contributed by atoms with van der Waals surface area (Å²) in [4.78, 5) is 26.5. The second-order valence-electron chi connectivity index (χ2n) is 10.8. The minimum Gasteiger partial charge on any atom is -0.458 e. The number of ether oxygens (including phenoxy) is 2. The normalized spacial score (nSPS) is 13.1. The van der Waals surface area contributed by atoms with Gasteiger partial charge in [0.15, 0.2) is 0 Å². The number of nitrogens with one attached hydrogen (secondary N) is 2. The Hall–Kier alpha value is -2.98. The van der Waals surface area contributed by atoms with E-state index in [4.69, 9.17) is 21.7 Å². The summed E-state index contributed by atoms with van der Waals surface area (Å²) < 4.78 is 12.4. The molecule has 0 heterocycles. The molecule has 2 N–H and O–H groups in total. The van der Waals surface area contributed by atoms with Gasteiger partial charge in [-0.2, -0.15) is 0 Å². The van der Waals surface area contributed by atoms with Gasteiger partial charge in [-0.05, 0) is 96.2 Å². The van der Waals surface area contributed by atoms with Gasteiger partial charge >= 0.3 is 12.1 Å². The molecule has 0 aromatic heterocycles. The number of hydrogen-bond donors (Lipinski definition) is 2. The van der Waals surface area contributed by atoms with Crippen molar-refractivity contribution in [2.75, 3.05) is 13.2 Å². The first-order chi connectivity index (χ1) is 19.1. The zero-order chi connectivity index (χ0) is 28.7. The van der Waals surface area contributed by atoms with E-state index in [1.807, 2.05) is 24.3 Å². The van der Waals surface area contributed by atoms with Crippen molar-refractivity contribution in [3.8, 4) is 11.1 Å². The summed E-state index contributed by atoms with van der Waals surface area (Å²) in [6, 6.07) is 23.8. The number of benzene rings is 3. The average Bonchev–Trinajstić information content (AvgIpc) is 3.23. The van der Waals surface area contributed by atoms with Crippen LogP contribution in [0.4, 0.5) is 4.79 Å². The number of carbonyl (C=O) groups excluding carboxylic acids is 2. The lowest BCUT2D eigenvalue weighted by Crippen LogP contribution is -2.46. The van der Waals surface area contributed by atoms with Crippen LogP contribution in [0.5, 0.6) is 0 Å². The van der Waals surface area contributed by atoms with Crippen molar-refractivity contribution in [3.05, 3.63) is 93.1 Å². The number of aryl methyl sites for hydroxylation is 1. The molecule has 210 valence electrons. The van der Waals surface area contributed by atoms with Crippen molar-refractivity contribution in [3.63, 3.8) is 0 Å². The first-order valence-corrected chi connectivity index (χ1v) is 14.9. The van der Waals surface area contributed by atoms with Crippen molar-refractivity contribution < 1.29 is 19.1 Å². The molecule has 4 rings (SSSR count). The average molecular weight is 671 g/mol. The molecule has 0 saturated carbocycles. The lowest BCUT2D eigenvalue weighted by molar-refractivity contribution is -0.157. The van der Waals surface area contributed by atoms with Crippen molar-refractivity contribution in [1.82, 2.24) is 10.6 Å². The summed E-state index contributed by atoms with van der Waals surface area (Å²) in [5.41, 5.74) is 5.10. The highest BCUT2D eigenvalue weighted by Gasteiger charge is 2.31. The Morgan fingerprint density at radius 3 is 2.15 bits per heavy atom. The van der Waals surface area contributed by atoms with E-state index < -0.39 is 23.7 Å². The summed E-state index contributed by atoms with van der Waals surface area (Å²) >= 11 is 7.78. The molecule has 0 saturated heterocycles. The van der Waals surface area contributed by atoms with E-state index in [0.717, 1.165) is 28.7 Å². The van der Waals surface area contributed by atoms with Gasteiger partial charge in [0.25, 0.3) is 0 Å². The summed E-state index contributed by atoms with van der Waals surface area (Å²) in [5, 5.41) is 5.94. The summed E-state index contributed by atoms with van der Waals surface area (Å²) in [7, 11) is 0. The van der Waals surface area contributed by atoms with E-state index in [2.05, 4.69) is 81.8 Å². The number of amides is 1. The third-order valence-corrected chi connectivity index (χ3v) is 7.70. The minimum absolute atomic E-state index is 0.0646. The molecule has 3 aromatic rings. The van der Waals surface area contributed by atoms with Gasteiger partial charge in [-0.25, -0.2) is 9.59 Å². The first-order valence-electron chi connectivity index (χ1n) is 13.5. The number of thiocarbonyl (C=S) groups is 1. The van der Waals surface area contributed by atoms with Gasteiger partial charge in [0.1, 0.15) is 18.2 Å². The second-order valence-corrected chi connectivity index (χ2v) is 12.6. The van der Waals surface area contributed by atoms with Crippen molar-refractivity contribution in [1.29, 1.82) is 0 Å². The fourth-order valence-electron chi connectivity index (χ4n) is 4.76. The Morgan fingerprint density at radius 1 is 0.950 bits per heavy atom. The van der Waals surface area contributed by atoms with Crippen LogP contribution in [0.1, 0.15) is 56.2 Å². The van der Waals surface area contributed by atoms with Crippen LogP contribution in [0, 0.1) is 3.57 Å². The topological polar surface area (TPSA) is 76.7 Å². The van der Waals surface area contributed by atoms with E-state index in [1.165, 1.54) is 9.13 Å². The Balaban J connectivity index is 1.32. The van der Waals surface area contributed by atoms with Crippen molar-refractivity contribution in [2.24, 2.45) is 0 Å². The molecule has 0 radical (unpaired) electrons. The van der Waals surface area contributed by atoms with E-state index in [-0.39, 0.29) is 12.5 Å². The molecule has 8 heteroatoms. The molecule has 1 aliphatic rings. The largest absolute Gasteiger partial charge is 0.458 e. The highest BCUT2D eigenvalue weighted by atomic mass is 127. The third kappa shape index (κ3) is 8.27. The van der Waals surface area contributed by atoms with Crippen LogP contribution >= 0.6 is 34.8 Å². The van der Waals surface area contributed by atoms with E-state index >= 15 is 0 Å². The van der Waals surface area contributed by atoms with Crippen molar-refractivity contribution >= 4 is 51.9 Å². The lowest BCUT2D eigenvalue weighted by Gasteiger charge is -2.25. The number of rotatable bonds is 10. The standard InChI is InChI=1S/C32H35IN2O4S/c1-32(2,3)39-30(36)28(18-19-34-29(40)17-14-21-12-15-22(33)16-13-21)35-31(37)38-20-27-25-10-6-4-8-23(25)24-9-5-7-11-26(24)27/h4-13,15-16,27-28H,14,17-20H2,1-3H3,(H,34,40)(H,35,37)/t28-/m0/s1. The molecular formula is C32H35IN2O4S. The van der Waals surface area contributed by atoms with Crippen LogP contribution in [0.3, 0.4) is 0 Å². The zero-order valence-corrected chi connectivity index (χ0v) is 26.0. The molecule has 1 atom stereocenters. The molecule has 0 bridgehead atoms. The third-order valence-electron chi connectivity index (χ3n) is 6.64. The molecule has 0 aliphatic heterocycles. The van der Waals surface area contributed by atoms with Crippen LogP contribution in [-0.4, -0.2) is 41.8 Å². The molecule has 0 unspecified atom stereocenters. The predicted molar refractivity (Wildman–Crippen MR) is 171 cm³/mol. The number of carbonyl (C=O) groups is 2. The van der Waals surface area contributed by atoms with Gasteiger partial charge in [-0.1, -0.05) is 72.9 Å². The van der Waals surface area contributed by atoms with Gasteiger partial charge in [0.2, 0.25) is 0 Å². The predicted octanol–water partition coefficient (Wildman–Crippen LogP) is 6.78. The monoisotopic (exact) mass is 670 g/mol. The molecule has 1 amide bonds. The highest BCUT2D eigenvalue weighted by molar-refractivity contribution is 14.1. The molecule has 6 nitrogen and oxygen atoms in total. The van der Waals surface area contributed by atoms with Gasteiger partial charge < -0.3 is 20.1 Å². The van der Waals surface area contributed by atoms with Crippen molar-refractivity contribution in [2.45, 2.75) is 57.6 Å². The van der Waals surface area contributed by atoms with E-state index in [9.17, 15) is 9.59 Å². The number of hydrogen-bond acceptors (Lipinski definition) is 5. The maximum atomic E-state index is 12.9. The number of alkyl carbamates (subject to hydrolysis) is 1. The molecular weight excluding hydrogens is 635 g/mol. The molecule has 3 aromatic carbocycles. The summed E-state index contributed by atoms with van der Waals surface area (Å²) in [6.45, 7) is 5.98. The van der Waals surface area contributed by atoms with Gasteiger partial charge in [-0.3, -0.25) is 0 Å². The quantitative estimate of drug-likeness (QED) is 0.141. The SMILES string of the molecule is CC(C)(C)OC(=O)[C@H](CCNC(=S)CCc1ccc(I)cc1)NC(=O)OCC1c2ccccc2-c2ccccc21. The maximum Gasteiger partial charge on any atom is 0.407 e. The number of halogens is 1. The fraction of sp³-hybridized carbons (Fsp3) is 0.344. The van der Waals surface area contributed by atoms with Gasteiger partial charge in [-0.15, -0.1) is 0 Å². The maximum absolute atomic E-state index is 12.9. The van der Waals surface area contributed by atoms with E-state index in [0.29, 0.717) is 24.4 Å². The van der Waals surface area contributed by atoms with Crippen LogP contribution in [0.2, 0.25) is 0 Å². The molecule has 40 heavy (non-hydrogen) atoms. The zero-order valence-electron chi connectivity index (χ0n) is 23.0. The molecule has 0 spiro atoms. The van der Waals surface area contributed by atoms with Gasteiger partial charge in [0.05, 0.1) is 4.99 Å². The van der Waals surface area contributed by atoms with Crippen LogP contribution in [-0.2, 0) is 20.7 Å². The summed E-state index contributed by atoms with van der Waals surface area (Å²) in [5.74, 6) is -0.571. The number of fused-ring (bicyclic) bond motifs is 3. The lowest BCUT2D eigenvalue weighted by atomic mass is 9.98. The van der Waals surface area contributed by atoms with Crippen LogP contribution < -0.4 is 10.6 Å². The Labute approximate surface area is 255 Å². The summed E-state index contributed by atoms with van der Waals surface area (Å²) in [6.07, 6.45) is 1.19. The Kier molecular flexibility index (Phi) is 10.2. The molecule has 0 fully saturated rings. The van der Waals surface area contributed by atoms with E-state index in [1.54, 1.807) is 20.8 Å². The minimum atomic E-state index is -0.874. The second kappa shape index (κ2) is 13.6. The molecule has 1 aliphatic carbocycles. The Bertz CT molecular complexity index is 1310. The number of esters is 1. The first kappa shape index (κ1) is 30.0. The fourth-order valence-corrected chi connectivity index (χ4v) is 5.32. The van der Waals surface area contributed by atoms with Crippen LogP contribution in [0.25, 0.3) is 11.1 Å². The van der Waals surface area contributed by atoms with Gasteiger partial charge in [0, 0.05) is 22.5 Å². The van der Waals surface area contributed by atoms with Crippen LogP contribution in [0.15, 0.2) is 72.8 Å². The Morgan fingerprint density at radius 2 is 1.55 bits per heavy atom.